The van der Waals surface area contributed by atoms with Crippen molar-refractivity contribution in [2.45, 2.75) is 20.0 Å². The molecule has 4 rings (SSSR count). The molecule has 2 heterocycles. The Labute approximate surface area is 151 Å². The number of hydrogen-bond donors (Lipinski definition) is 2. The van der Waals surface area contributed by atoms with Crippen LogP contribution in [-0.4, -0.2) is 15.0 Å². The van der Waals surface area contributed by atoms with Crippen molar-refractivity contribution >= 4 is 16.9 Å². The second-order valence-electron chi connectivity index (χ2n) is 6.12. The molecule has 0 aliphatic rings. The first-order chi connectivity index (χ1) is 12.8. The van der Waals surface area contributed by atoms with E-state index in [0.717, 1.165) is 45.6 Å². The number of rotatable bonds is 5. The van der Waals surface area contributed by atoms with Crippen LogP contribution in [0, 0.1) is 0 Å². The van der Waals surface area contributed by atoms with E-state index in [1.807, 2.05) is 36.4 Å². The van der Waals surface area contributed by atoms with Crippen LogP contribution in [0.4, 0.5) is 5.82 Å². The van der Waals surface area contributed by atoms with Gasteiger partial charge in [0.1, 0.15) is 30.1 Å². The second kappa shape index (κ2) is 6.88. The lowest BCUT2D eigenvalue weighted by molar-refractivity contribution is 0.306. The number of ether oxygens (including phenoxy) is 1. The quantitative estimate of drug-likeness (QED) is 0.564. The Kier molecular flexibility index (Phi) is 4.27. The molecule has 0 saturated carbocycles. The normalized spacial score (nSPS) is 11.0. The molecule has 5 nitrogen and oxygen atoms in total. The number of fused-ring (bicyclic) bond motifs is 1. The molecule has 0 spiro atoms. The molecule has 0 radical (unpaired) electrons. The zero-order valence-corrected chi connectivity index (χ0v) is 14.6. The average molecular weight is 344 g/mol. The first kappa shape index (κ1) is 16.1. The van der Waals surface area contributed by atoms with Gasteiger partial charge < -0.3 is 15.5 Å². The third kappa shape index (κ3) is 2.99. The second-order valence-corrected chi connectivity index (χ2v) is 6.12. The van der Waals surface area contributed by atoms with Crippen molar-refractivity contribution in [1.82, 2.24) is 15.0 Å². The van der Waals surface area contributed by atoms with Crippen LogP contribution >= 0.6 is 0 Å². The molecule has 4 aromatic rings. The van der Waals surface area contributed by atoms with Crippen molar-refractivity contribution in [3.63, 3.8) is 0 Å². The van der Waals surface area contributed by atoms with E-state index in [4.69, 9.17) is 10.5 Å². The summed E-state index contributed by atoms with van der Waals surface area (Å²) in [5.74, 6) is 1.30. The highest BCUT2D eigenvalue weighted by Crippen LogP contribution is 2.36. The Balaban J connectivity index is 1.72. The van der Waals surface area contributed by atoms with Gasteiger partial charge >= 0.3 is 0 Å². The van der Waals surface area contributed by atoms with Crippen LogP contribution in [0.1, 0.15) is 18.2 Å². The lowest BCUT2D eigenvalue weighted by Gasteiger charge is -2.09. The van der Waals surface area contributed by atoms with Gasteiger partial charge in [0.2, 0.25) is 0 Å². The zero-order chi connectivity index (χ0) is 17.9. The van der Waals surface area contributed by atoms with E-state index in [-0.39, 0.29) is 0 Å². The van der Waals surface area contributed by atoms with Gasteiger partial charge in [-0.15, -0.1) is 0 Å². The highest BCUT2D eigenvalue weighted by molar-refractivity contribution is 6.01. The summed E-state index contributed by atoms with van der Waals surface area (Å²) in [6.45, 7) is 2.64. The van der Waals surface area contributed by atoms with Crippen LogP contribution in [0.3, 0.4) is 0 Å². The molecule has 3 N–H and O–H groups in total. The van der Waals surface area contributed by atoms with E-state index >= 15 is 0 Å². The molecule has 26 heavy (non-hydrogen) atoms. The summed E-state index contributed by atoms with van der Waals surface area (Å²) >= 11 is 0. The lowest BCUT2D eigenvalue weighted by atomic mass is 10.0. The first-order valence-electron chi connectivity index (χ1n) is 8.64. The predicted octanol–water partition coefficient (Wildman–Crippen LogP) is 4.35. The largest absolute Gasteiger partial charge is 0.489 e. The van der Waals surface area contributed by atoms with Crippen molar-refractivity contribution < 1.29 is 4.74 Å². The molecule has 5 heteroatoms. The SMILES string of the molecule is CCc1[nH]c2ncnc(N)c2c1-c1cccc(OCc2ccccc2)c1. The topological polar surface area (TPSA) is 76.8 Å². The zero-order valence-electron chi connectivity index (χ0n) is 14.6. The number of aromatic amines is 1. The Morgan fingerprint density at radius 3 is 2.69 bits per heavy atom. The number of anilines is 1. The van der Waals surface area contributed by atoms with E-state index < -0.39 is 0 Å². The predicted molar refractivity (Wildman–Crippen MR) is 104 cm³/mol. The van der Waals surface area contributed by atoms with Gasteiger partial charge in [-0.25, -0.2) is 9.97 Å². The maximum atomic E-state index is 6.13. The summed E-state index contributed by atoms with van der Waals surface area (Å²) in [6.07, 6.45) is 2.33. The fraction of sp³-hybridized carbons (Fsp3) is 0.143. The van der Waals surface area contributed by atoms with Crippen LogP contribution in [0.5, 0.6) is 5.75 Å². The van der Waals surface area contributed by atoms with Gasteiger partial charge in [0, 0.05) is 11.3 Å². The molecule has 0 bridgehead atoms. The van der Waals surface area contributed by atoms with Gasteiger partial charge in [-0.3, -0.25) is 0 Å². The highest BCUT2D eigenvalue weighted by atomic mass is 16.5. The number of nitrogen functional groups attached to an aromatic ring is 1. The fourth-order valence-corrected chi connectivity index (χ4v) is 3.16. The number of aromatic nitrogens is 3. The first-order valence-corrected chi connectivity index (χ1v) is 8.64. The van der Waals surface area contributed by atoms with Crippen molar-refractivity contribution in [2.75, 3.05) is 5.73 Å². The minimum absolute atomic E-state index is 0.483. The van der Waals surface area contributed by atoms with Gasteiger partial charge in [0.25, 0.3) is 0 Å². The maximum Gasteiger partial charge on any atom is 0.143 e. The summed E-state index contributed by atoms with van der Waals surface area (Å²) in [6, 6.07) is 18.2. The lowest BCUT2D eigenvalue weighted by Crippen LogP contribution is -1.96. The monoisotopic (exact) mass is 344 g/mol. The van der Waals surface area contributed by atoms with Crippen molar-refractivity contribution in [2.24, 2.45) is 0 Å². The molecule has 0 aliphatic heterocycles. The fourth-order valence-electron chi connectivity index (χ4n) is 3.16. The third-order valence-electron chi connectivity index (χ3n) is 4.42. The number of nitrogens with two attached hydrogens (primary N) is 1. The molecule has 0 unspecified atom stereocenters. The van der Waals surface area contributed by atoms with Gasteiger partial charge in [-0.2, -0.15) is 0 Å². The van der Waals surface area contributed by atoms with Gasteiger partial charge in [0.05, 0.1) is 5.39 Å². The number of nitrogens with zero attached hydrogens (tertiary/aromatic N) is 2. The summed E-state index contributed by atoms with van der Waals surface area (Å²) < 4.78 is 5.97. The van der Waals surface area contributed by atoms with Gasteiger partial charge in [0.15, 0.2) is 0 Å². The summed E-state index contributed by atoms with van der Waals surface area (Å²) in [5.41, 5.74) is 11.2. The minimum Gasteiger partial charge on any atom is -0.489 e. The van der Waals surface area contributed by atoms with Gasteiger partial charge in [-0.1, -0.05) is 49.4 Å². The van der Waals surface area contributed by atoms with Crippen LogP contribution in [0.15, 0.2) is 60.9 Å². The molecular formula is C21H20N4O. The van der Waals surface area contributed by atoms with Crippen LogP contribution in [0.25, 0.3) is 22.2 Å². The molecule has 2 aromatic carbocycles. The Morgan fingerprint density at radius 1 is 1.04 bits per heavy atom. The van der Waals surface area contributed by atoms with Crippen molar-refractivity contribution in [3.8, 4) is 16.9 Å². The van der Waals surface area contributed by atoms with E-state index in [2.05, 4.69) is 40.1 Å². The molecule has 0 aliphatic carbocycles. The minimum atomic E-state index is 0.483. The molecule has 130 valence electrons. The molecule has 0 atom stereocenters. The summed E-state index contributed by atoms with van der Waals surface area (Å²) in [5, 5.41) is 0.865. The Bertz CT molecular complexity index is 1040. The number of nitrogens with one attached hydrogen (secondary N) is 1. The van der Waals surface area contributed by atoms with Crippen LogP contribution in [-0.2, 0) is 13.0 Å². The Morgan fingerprint density at radius 2 is 1.88 bits per heavy atom. The number of H-pyrrole nitrogens is 1. The van der Waals surface area contributed by atoms with Crippen molar-refractivity contribution in [3.05, 3.63) is 72.2 Å². The summed E-state index contributed by atoms with van der Waals surface area (Å²) in [4.78, 5) is 11.8. The van der Waals surface area contributed by atoms with E-state index in [1.165, 1.54) is 6.33 Å². The van der Waals surface area contributed by atoms with E-state index in [9.17, 15) is 0 Å². The van der Waals surface area contributed by atoms with E-state index in [1.54, 1.807) is 0 Å². The number of hydrogen-bond acceptors (Lipinski definition) is 4. The third-order valence-corrected chi connectivity index (χ3v) is 4.42. The van der Waals surface area contributed by atoms with Gasteiger partial charge in [-0.05, 0) is 29.7 Å². The molecular weight excluding hydrogens is 324 g/mol. The molecule has 0 saturated heterocycles. The maximum absolute atomic E-state index is 6.13. The smallest absolute Gasteiger partial charge is 0.143 e. The standard InChI is InChI=1S/C21H20N4O/c1-2-17-18(19-20(22)23-13-24-21(19)25-17)15-9-6-10-16(11-15)26-12-14-7-4-3-5-8-14/h3-11,13H,2,12H2,1H3,(H3,22,23,24,25). The average Bonchev–Trinajstić information content (AvgIpc) is 3.07. The van der Waals surface area contributed by atoms with E-state index in [0.29, 0.717) is 12.4 Å². The van der Waals surface area contributed by atoms with Crippen LogP contribution < -0.4 is 10.5 Å². The molecule has 2 aromatic heterocycles. The number of benzene rings is 2. The molecule has 0 fully saturated rings. The van der Waals surface area contributed by atoms with Crippen LogP contribution in [0.2, 0.25) is 0 Å². The number of aryl methyl sites for hydroxylation is 1. The highest BCUT2D eigenvalue weighted by Gasteiger charge is 2.16. The molecule has 0 amide bonds. The Hall–Kier alpha value is -3.34. The van der Waals surface area contributed by atoms with Crippen molar-refractivity contribution in [1.29, 1.82) is 0 Å². The summed E-state index contributed by atoms with van der Waals surface area (Å²) in [7, 11) is 0.